The van der Waals surface area contributed by atoms with E-state index in [4.69, 9.17) is 0 Å². The van der Waals surface area contributed by atoms with Crippen LogP contribution in [-0.2, 0) is 4.79 Å². The van der Waals surface area contributed by atoms with Gasteiger partial charge in [0.25, 0.3) is 0 Å². The highest BCUT2D eigenvalue weighted by atomic mass is 32.1. The molecule has 3 rings (SSSR count). The lowest BCUT2D eigenvalue weighted by Crippen LogP contribution is -2.23. The van der Waals surface area contributed by atoms with E-state index in [2.05, 4.69) is 4.98 Å². The van der Waals surface area contributed by atoms with Gasteiger partial charge in [-0.1, -0.05) is 12.1 Å². The topological polar surface area (TPSA) is 50.3 Å². The van der Waals surface area contributed by atoms with Crippen molar-refractivity contribution in [3.05, 3.63) is 82.1 Å². The van der Waals surface area contributed by atoms with Crippen LogP contribution in [0, 0.1) is 19.7 Å². The zero-order valence-electron chi connectivity index (χ0n) is 15.8. The number of aromatic nitrogens is 1. The van der Waals surface area contributed by atoms with Gasteiger partial charge < -0.3 is 0 Å². The van der Waals surface area contributed by atoms with Crippen LogP contribution in [0.3, 0.4) is 0 Å². The molecule has 3 aromatic rings. The van der Waals surface area contributed by atoms with Gasteiger partial charge in [-0.2, -0.15) is 0 Å². The summed E-state index contributed by atoms with van der Waals surface area (Å²) in [6, 6.07) is 11.2. The van der Waals surface area contributed by atoms with E-state index in [1.165, 1.54) is 48.6 Å². The zero-order valence-corrected chi connectivity index (χ0v) is 16.6. The summed E-state index contributed by atoms with van der Waals surface area (Å²) in [6.45, 7) is 5.46. The molecule has 0 radical (unpaired) electrons. The van der Waals surface area contributed by atoms with E-state index in [9.17, 15) is 14.0 Å². The number of hydrogen-bond donors (Lipinski definition) is 0. The lowest BCUT2D eigenvalue weighted by Gasteiger charge is -2.21. The summed E-state index contributed by atoms with van der Waals surface area (Å²) in [6.07, 6.45) is 2.98. The molecule has 0 aliphatic carbocycles. The maximum Gasteiger partial charge on any atom is 0.230 e. The van der Waals surface area contributed by atoms with Gasteiger partial charge in [-0.15, -0.1) is 11.3 Å². The number of carbonyl (C=O) groups excluding carboxylic acids is 2. The van der Waals surface area contributed by atoms with Gasteiger partial charge in [0, 0.05) is 17.9 Å². The molecule has 0 unspecified atom stereocenters. The van der Waals surface area contributed by atoms with E-state index in [-0.39, 0.29) is 17.5 Å². The fraction of sp³-hybridized carbons (Fsp3) is 0.136. The first-order valence-corrected chi connectivity index (χ1v) is 9.55. The molecule has 142 valence electrons. The number of carbonyl (C=O) groups is 2. The second kappa shape index (κ2) is 8.27. The number of thiazole rings is 1. The molecule has 0 atom stereocenters. The van der Waals surface area contributed by atoms with Gasteiger partial charge in [-0.05, 0) is 67.5 Å². The summed E-state index contributed by atoms with van der Waals surface area (Å²) in [5.41, 5.74) is 3.86. The second-order valence-corrected chi connectivity index (χ2v) is 7.17. The standard InChI is InChI=1S/C22H19FN2O2S/c1-14-5-4-6-20(15(14)2)25(16(3)26)22-24-19(13-28-22)11-12-21(27)17-7-9-18(23)10-8-17/h4-13H,1-3H3/b12-11+. The molecular weight excluding hydrogens is 375 g/mol. The van der Waals surface area contributed by atoms with Crippen molar-refractivity contribution >= 4 is 39.9 Å². The fourth-order valence-corrected chi connectivity index (χ4v) is 3.56. The lowest BCUT2D eigenvalue weighted by atomic mass is 10.1. The summed E-state index contributed by atoms with van der Waals surface area (Å²) < 4.78 is 13.0. The summed E-state index contributed by atoms with van der Waals surface area (Å²) in [5, 5.41) is 2.32. The predicted molar refractivity (Wildman–Crippen MR) is 111 cm³/mol. The number of hydrogen-bond acceptors (Lipinski definition) is 4. The van der Waals surface area contributed by atoms with Gasteiger partial charge in [-0.3, -0.25) is 14.5 Å². The molecule has 1 aromatic heterocycles. The van der Waals surface area contributed by atoms with Crippen LogP contribution in [0.2, 0.25) is 0 Å². The molecule has 0 bridgehead atoms. The van der Waals surface area contributed by atoms with Crippen molar-refractivity contribution in [2.24, 2.45) is 0 Å². The predicted octanol–water partition coefficient (Wildman–Crippen LogP) is 5.48. The van der Waals surface area contributed by atoms with Crippen LogP contribution < -0.4 is 4.90 Å². The zero-order chi connectivity index (χ0) is 20.3. The minimum atomic E-state index is -0.388. The number of amides is 1. The summed E-state index contributed by atoms with van der Waals surface area (Å²) in [4.78, 5) is 30.5. The van der Waals surface area contributed by atoms with Crippen molar-refractivity contribution in [3.63, 3.8) is 0 Å². The first-order chi connectivity index (χ1) is 13.4. The molecule has 1 heterocycles. The van der Waals surface area contributed by atoms with Gasteiger partial charge in [0.1, 0.15) is 5.82 Å². The molecule has 2 aromatic carbocycles. The lowest BCUT2D eigenvalue weighted by molar-refractivity contribution is -0.115. The van der Waals surface area contributed by atoms with Crippen LogP contribution in [-0.4, -0.2) is 16.7 Å². The highest BCUT2D eigenvalue weighted by Crippen LogP contribution is 2.32. The van der Waals surface area contributed by atoms with Crippen molar-refractivity contribution in [2.75, 3.05) is 4.90 Å². The Morgan fingerprint density at radius 3 is 2.50 bits per heavy atom. The fourth-order valence-electron chi connectivity index (χ4n) is 2.71. The summed E-state index contributed by atoms with van der Waals surface area (Å²) in [7, 11) is 0. The minimum Gasteiger partial charge on any atom is -0.289 e. The van der Waals surface area contributed by atoms with Crippen molar-refractivity contribution in [1.82, 2.24) is 4.98 Å². The maximum atomic E-state index is 13.0. The van der Waals surface area contributed by atoms with Crippen molar-refractivity contribution in [3.8, 4) is 0 Å². The van der Waals surface area contributed by atoms with Crippen molar-refractivity contribution < 1.29 is 14.0 Å². The Balaban J connectivity index is 1.85. The Kier molecular flexibility index (Phi) is 5.80. The summed E-state index contributed by atoms with van der Waals surface area (Å²) in [5.74, 6) is -0.770. The third-order valence-electron chi connectivity index (χ3n) is 4.37. The highest BCUT2D eigenvalue weighted by Gasteiger charge is 2.19. The highest BCUT2D eigenvalue weighted by molar-refractivity contribution is 7.14. The van der Waals surface area contributed by atoms with E-state index in [0.717, 1.165) is 16.8 Å². The average Bonchev–Trinajstić information content (AvgIpc) is 3.12. The molecule has 6 heteroatoms. The summed E-state index contributed by atoms with van der Waals surface area (Å²) >= 11 is 1.33. The third kappa shape index (κ3) is 4.23. The van der Waals surface area contributed by atoms with E-state index < -0.39 is 0 Å². The molecular formula is C22H19FN2O2S. The smallest absolute Gasteiger partial charge is 0.230 e. The van der Waals surface area contributed by atoms with Crippen LogP contribution in [0.25, 0.3) is 6.08 Å². The first kappa shape index (κ1) is 19.6. The minimum absolute atomic E-state index is 0.138. The van der Waals surface area contributed by atoms with E-state index in [0.29, 0.717) is 16.4 Å². The molecule has 4 nitrogen and oxygen atoms in total. The monoisotopic (exact) mass is 394 g/mol. The van der Waals surface area contributed by atoms with E-state index in [1.54, 1.807) is 16.4 Å². The Labute approximate surface area is 167 Å². The Hall–Kier alpha value is -3.12. The largest absolute Gasteiger partial charge is 0.289 e. The van der Waals surface area contributed by atoms with Crippen LogP contribution in [0.5, 0.6) is 0 Å². The van der Waals surface area contributed by atoms with Crippen LogP contribution in [0.1, 0.15) is 34.1 Å². The molecule has 28 heavy (non-hydrogen) atoms. The number of halogens is 1. The van der Waals surface area contributed by atoms with Gasteiger partial charge >= 0.3 is 0 Å². The van der Waals surface area contributed by atoms with Gasteiger partial charge in [0.05, 0.1) is 11.4 Å². The normalized spacial score (nSPS) is 11.0. The molecule has 1 amide bonds. The molecule has 0 aliphatic rings. The van der Waals surface area contributed by atoms with E-state index in [1.807, 2.05) is 32.0 Å². The van der Waals surface area contributed by atoms with E-state index >= 15 is 0 Å². The third-order valence-corrected chi connectivity index (χ3v) is 5.21. The number of nitrogens with zero attached hydrogens (tertiary/aromatic N) is 2. The Morgan fingerprint density at radius 2 is 1.82 bits per heavy atom. The van der Waals surface area contributed by atoms with Crippen molar-refractivity contribution in [2.45, 2.75) is 20.8 Å². The number of aryl methyl sites for hydroxylation is 1. The molecule has 0 N–H and O–H groups in total. The molecule has 0 fully saturated rings. The van der Waals surface area contributed by atoms with Crippen molar-refractivity contribution in [1.29, 1.82) is 0 Å². The Morgan fingerprint density at radius 1 is 1.11 bits per heavy atom. The quantitative estimate of drug-likeness (QED) is 0.425. The van der Waals surface area contributed by atoms with Crippen LogP contribution in [0.15, 0.2) is 53.9 Å². The number of allylic oxidation sites excluding steroid dienone is 1. The average molecular weight is 394 g/mol. The van der Waals surface area contributed by atoms with Crippen LogP contribution >= 0.6 is 11.3 Å². The van der Waals surface area contributed by atoms with Crippen LogP contribution in [0.4, 0.5) is 15.2 Å². The number of benzene rings is 2. The molecule has 0 saturated carbocycles. The number of anilines is 2. The first-order valence-electron chi connectivity index (χ1n) is 8.67. The molecule has 0 spiro atoms. The van der Waals surface area contributed by atoms with Gasteiger partial charge in [-0.25, -0.2) is 9.37 Å². The maximum absolute atomic E-state index is 13.0. The van der Waals surface area contributed by atoms with Gasteiger partial charge in [0.15, 0.2) is 10.9 Å². The molecule has 0 saturated heterocycles. The SMILES string of the molecule is CC(=O)N(c1nc(/C=C/C(=O)c2ccc(F)cc2)cs1)c1cccc(C)c1C. The number of rotatable bonds is 5. The second-order valence-electron chi connectivity index (χ2n) is 6.33. The Bertz CT molecular complexity index is 1050. The molecule has 0 aliphatic heterocycles. The van der Waals surface area contributed by atoms with Gasteiger partial charge in [0.2, 0.25) is 5.91 Å². The number of ketones is 1.